The minimum absolute atomic E-state index is 0.413. The van der Waals surface area contributed by atoms with Crippen LogP contribution in [0, 0.1) is 0 Å². The first-order chi connectivity index (χ1) is 7.74. The van der Waals surface area contributed by atoms with E-state index in [2.05, 4.69) is 4.74 Å². The van der Waals surface area contributed by atoms with Crippen LogP contribution in [0.2, 0.25) is 0 Å². The molecule has 4 nitrogen and oxygen atoms in total. The molecule has 16 heavy (non-hydrogen) atoms. The second-order valence-corrected chi connectivity index (χ2v) is 2.46. The summed E-state index contributed by atoms with van der Waals surface area (Å²) in [5.74, 6) is 0. The normalized spacial score (nSPS) is 8.62. The second kappa shape index (κ2) is 29.4. The summed E-state index contributed by atoms with van der Waals surface area (Å²) in [6, 6.07) is 0. The van der Waals surface area contributed by atoms with Gasteiger partial charge in [-0.05, 0) is 34.6 Å². The van der Waals surface area contributed by atoms with Crippen LogP contribution in [0.1, 0.15) is 34.6 Å². The summed E-state index contributed by atoms with van der Waals surface area (Å²) in [5, 5.41) is 0. The molecule has 0 aliphatic heterocycles. The molecule has 0 fully saturated rings. The van der Waals surface area contributed by atoms with Gasteiger partial charge >= 0.3 is 0 Å². The predicted molar refractivity (Wildman–Crippen MR) is 67.8 cm³/mol. The minimum Gasteiger partial charge on any atom is -0.382 e. The van der Waals surface area contributed by atoms with Crippen molar-refractivity contribution in [1.82, 2.24) is 0 Å². The van der Waals surface area contributed by atoms with Gasteiger partial charge in [0.05, 0.1) is 0 Å². The molecule has 0 saturated carbocycles. The van der Waals surface area contributed by atoms with Crippen LogP contribution in [0.5, 0.6) is 0 Å². The molecule has 102 valence electrons. The zero-order valence-electron chi connectivity index (χ0n) is 11.9. The summed E-state index contributed by atoms with van der Waals surface area (Å²) in [5.41, 5.74) is 0. The van der Waals surface area contributed by atoms with E-state index in [4.69, 9.17) is 14.2 Å². The van der Waals surface area contributed by atoms with E-state index in [-0.39, 0.29) is 0 Å². The Morgan fingerprint density at radius 3 is 0.938 bits per heavy atom. The Morgan fingerprint density at radius 1 is 0.562 bits per heavy atom. The van der Waals surface area contributed by atoms with Crippen LogP contribution >= 0.6 is 0 Å². The van der Waals surface area contributed by atoms with Crippen molar-refractivity contribution < 1.29 is 18.9 Å². The lowest BCUT2D eigenvalue weighted by Gasteiger charge is -1.93. The summed E-state index contributed by atoms with van der Waals surface area (Å²) < 4.78 is 19.0. The van der Waals surface area contributed by atoms with Crippen LogP contribution in [-0.2, 0) is 18.9 Å². The number of methoxy groups -OCH3 is 1. The summed E-state index contributed by atoms with van der Waals surface area (Å²) in [6.45, 7) is 14.4. The predicted octanol–water partition coefficient (Wildman–Crippen LogP) is 2.71. The molecular formula is C12H30O4. The average molecular weight is 238 g/mol. The summed E-state index contributed by atoms with van der Waals surface area (Å²) in [6.07, 6.45) is 0. The standard InChI is InChI=1S/C4H10O2.2C4H10O/c1-3-6-4-5-2;2*1-3-5-4-2/h3-4H2,1-2H3;2*3-4H2,1-2H3. The van der Waals surface area contributed by atoms with E-state index >= 15 is 0 Å². The van der Waals surface area contributed by atoms with Crippen molar-refractivity contribution in [2.24, 2.45) is 0 Å². The molecule has 0 amide bonds. The van der Waals surface area contributed by atoms with Gasteiger partial charge in [-0.3, -0.25) is 0 Å². The number of hydrogen-bond acceptors (Lipinski definition) is 4. The lowest BCUT2D eigenvalue weighted by Crippen LogP contribution is -1.93. The molecule has 0 bridgehead atoms. The molecule has 0 N–H and O–H groups in total. The van der Waals surface area contributed by atoms with E-state index in [0.29, 0.717) is 6.79 Å². The molecule has 0 aromatic rings. The van der Waals surface area contributed by atoms with Gasteiger partial charge in [-0.1, -0.05) is 0 Å². The van der Waals surface area contributed by atoms with Crippen LogP contribution in [0.15, 0.2) is 0 Å². The van der Waals surface area contributed by atoms with E-state index in [9.17, 15) is 0 Å². The first-order valence-corrected chi connectivity index (χ1v) is 5.96. The van der Waals surface area contributed by atoms with Crippen molar-refractivity contribution in [3.05, 3.63) is 0 Å². The van der Waals surface area contributed by atoms with Gasteiger partial charge in [0.15, 0.2) is 0 Å². The highest BCUT2D eigenvalue weighted by molar-refractivity contribution is 4.07. The molecule has 0 atom stereocenters. The van der Waals surface area contributed by atoms with E-state index < -0.39 is 0 Å². The van der Waals surface area contributed by atoms with Crippen LogP contribution in [0.4, 0.5) is 0 Å². The van der Waals surface area contributed by atoms with E-state index in [1.165, 1.54) is 0 Å². The summed E-state index contributed by atoms with van der Waals surface area (Å²) in [7, 11) is 1.61. The number of hydrogen-bond donors (Lipinski definition) is 0. The van der Waals surface area contributed by atoms with Gasteiger partial charge in [-0.15, -0.1) is 0 Å². The Bertz CT molecular complexity index is 65.4. The largest absolute Gasteiger partial charge is 0.382 e. The summed E-state index contributed by atoms with van der Waals surface area (Å²) in [4.78, 5) is 0. The van der Waals surface area contributed by atoms with Gasteiger partial charge in [0.25, 0.3) is 0 Å². The molecule has 0 rings (SSSR count). The quantitative estimate of drug-likeness (QED) is 0.505. The molecule has 0 heterocycles. The third kappa shape index (κ3) is 48.8. The van der Waals surface area contributed by atoms with Crippen molar-refractivity contribution in [2.75, 3.05) is 46.9 Å². The Hall–Kier alpha value is -0.160. The molecule has 0 unspecified atom stereocenters. The van der Waals surface area contributed by atoms with Gasteiger partial charge < -0.3 is 18.9 Å². The summed E-state index contributed by atoms with van der Waals surface area (Å²) >= 11 is 0. The third-order valence-electron chi connectivity index (χ3n) is 1.22. The monoisotopic (exact) mass is 238 g/mol. The van der Waals surface area contributed by atoms with E-state index in [1.54, 1.807) is 7.11 Å². The molecular weight excluding hydrogens is 208 g/mol. The molecule has 0 aromatic carbocycles. The lowest BCUT2D eigenvalue weighted by molar-refractivity contribution is -0.0250. The van der Waals surface area contributed by atoms with Gasteiger partial charge in [0.1, 0.15) is 6.79 Å². The van der Waals surface area contributed by atoms with Crippen molar-refractivity contribution in [1.29, 1.82) is 0 Å². The van der Waals surface area contributed by atoms with Gasteiger partial charge in [0, 0.05) is 40.1 Å². The fourth-order valence-electron chi connectivity index (χ4n) is 0.575. The van der Waals surface area contributed by atoms with Crippen molar-refractivity contribution in [3.63, 3.8) is 0 Å². The maximum absolute atomic E-state index is 4.83. The second-order valence-electron chi connectivity index (χ2n) is 2.46. The number of rotatable bonds is 7. The van der Waals surface area contributed by atoms with Crippen LogP contribution in [0.3, 0.4) is 0 Å². The zero-order chi connectivity index (χ0) is 13.1. The average Bonchev–Trinajstić information content (AvgIpc) is 2.30. The Morgan fingerprint density at radius 2 is 0.875 bits per heavy atom. The topological polar surface area (TPSA) is 36.9 Å². The SMILES string of the molecule is CCOCC.CCOCC.CCOCOC. The zero-order valence-corrected chi connectivity index (χ0v) is 11.9. The highest BCUT2D eigenvalue weighted by Crippen LogP contribution is 1.69. The van der Waals surface area contributed by atoms with Gasteiger partial charge in [0.2, 0.25) is 0 Å². The Kier molecular flexibility index (Phi) is 38.8. The fraction of sp³-hybridized carbons (Fsp3) is 1.00. The van der Waals surface area contributed by atoms with E-state index in [1.807, 2.05) is 34.6 Å². The smallest absolute Gasteiger partial charge is 0.146 e. The Labute approximate surface area is 101 Å². The van der Waals surface area contributed by atoms with Crippen molar-refractivity contribution in [3.8, 4) is 0 Å². The van der Waals surface area contributed by atoms with Gasteiger partial charge in [-0.2, -0.15) is 0 Å². The van der Waals surface area contributed by atoms with Crippen LogP contribution in [-0.4, -0.2) is 46.9 Å². The minimum atomic E-state index is 0.413. The molecule has 0 aliphatic carbocycles. The maximum Gasteiger partial charge on any atom is 0.146 e. The highest BCUT2D eigenvalue weighted by Gasteiger charge is 1.71. The first-order valence-electron chi connectivity index (χ1n) is 5.96. The fourth-order valence-corrected chi connectivity index (χ4v) is 0.575. The number of ether oxygens (including phenoxy) is 4. The lowest BCUT2D eigenvalue weighted by atomic mass is 10.8. The molecule has 0 aliphatic rings. The van der Waals surface area contributed by atoms with Crippen molar-refractivity contribution in [2.45, 2.75) is 34.6 Å². The Balaban J connectivity index is -0.000000160. The highest BCUT2D eigenvalue weighted by atomic mass is 16.7. The maximum atomic E-state index is 4.83. The third-order valence-corrected chi connectivity index (χ3v) is 1.22. The molecule has 0 saturated heterocycles. The van der Waals surface area contributed by atoms with Gasteiger partial charge in [-0.25, -0.2) is 0 Å². The van der Waals surface area contributed by atoms with Crippen LogP contribution < -0.4 is 0 Å². The van der Waals surface area contributed by atoms with Crippen LogP contribution in [0.25, 0.3) is 0 Å². The van der Waals surface area contributed by atoms with Crippen molar-refractivity contribution >= 4 is 0 Å². The van der Waals surface area contributed by atoms with E-state index in [0.717, 1.165) is 33.0 Å². The first kappa shape index (κ1) is 21.2. The molecule has 4 heteroatoms. The molecule has 0 spiro atoms. The molecule has 0 radical (unpaired) electrons. The molecule has 0 aromatic heterocycles.